The number of aromatic nitrogens is 1. The molecule has 0 atom stereocenters. The lowest BCUT2D eigenvalue weighted by Crippen LogP contribution is -2.36. The van der Waals surface area contributed by atoms with Crippen LogP contribution in [0.15, 0.2) is 66.9 Å². The summed E-state index contributed by atoms with van der Waals surface area (Å²) in [7, 11) is 0. The number of hydrogen-bond donors (Lipinski definition) is 1. The number of hydrogen-bond acceptors (Lipinski definition) is 6. The molecular weight excluding hydrogens is 548 g/mol. The van der Waals surface area contributed by atoms with Crippen LogP contribution >= 0.6 is 11.6 Å². The molecule has 1 aromatic heterocycles. The molecule has 2 fully saturated rings. The Morgan fingerprint density at radius 3 is 2.24 bits per heavy atom. The van der Waals surface area contributed by atoms with Gasteiger partial charge in [0.15, 0.2) is 0 Å². The SMILES string of the molecule is NC(=O)c1cc(-c2ccc(CN3CCOCC3)c(Cl)c2)cc2c1Cc1cc(-c3ccc(N4CCOCC4)nc3)ccc1-2. The standard InChI is InChI=1S/C34H33ClN4O3/c35-32-19-23(1-2-25(32)21-38-7-11-41-12-8-38)26-16-29-28-5-3-22(15-27(28)18-30(29)31(17-26)34(36)40)24-4-6-33(37-20-24)39-9-13-42-14-10-39/h1-6,15-17,19-20H,7-14,18,21H2,(H2,36,40). The van der Waals surface area contributed by atoms with Crippen molar-refractivity contribution < 1.29 is 14.3 Å². The maximum Gasteiger partial charge on any atom is 0.249 e. The fourth-order valence-corrected chi connectivity index (χ4v) is 6.49. The van der Waals surface area contributed by atoms with E-state index in [0.717, 1.165) is 114 Å². The molecule has 8 heteroatoms. The predicted molar refractivity (Wildman–Crippen MR) is 166 cm³/mol. The maximum atomic E-state index is 12.6. The zero-order valence-corrected chi connectivity index (χ0v) is 24.2. The number of amides is 1. The van der Waals surface area contributed by atoms with Crippen LogP contribution in [0, 0.1) is 0 Å². The number of carbonyl (C=O) groups is 1. The Kier molecular flexibility index (Phi) is 7.42. The summed E-state index contributed by atoms with van der Waals surface area (Å²) in [6.07, 6.45) is 2.60. The van der Waals surface area contributed by atoms with Gasteiger partial charge in [-0.3, -0.25) is 9.69 Å². The minimum absolute atomic E-state index is 0.418. The highest BCUT2D eigenvalue weighted by atomic mass is 35.5. The molecule has 3 heterocycles. The lowest BCUT2D eigenvalue weighted by molar-refractivity contribution is 0.0342. The summed E-state index contributed by atoms with van der Waals surface area (Å²) < 4.78 is 10.9. The van der Waals surface area contributed by atoms with Gasteiger partial charge in [-0.1, -0.05) is 41.9 Å². The number of rotatable bonds is 6. The number of pyridine rings is 1. The van der Waals surface area contributed by atoms with E-state index in [0.29, 0.717) is 12.0 Å². The third kappa shape index (κ3) is 5.29. The van der Waals surface area contributed by atoms with E-state index in [-0.39, 0.29) is 0 Å². The molecule has 0 radical (unpaired) electrons. The number of morpholine rings is 2. The molecule has 0 unspecified atom stereocenters. The number of primary amides is 1. The maximum absolute atomic E-state index is 12.6. The monoisotopic (exact) mass is 580 g/mol. The van der Waals surface area contributed by atoms with Gasteiger partial charge in [0.25, 0.3) is 0 Å². The molecule has 1 amide bonds. The highest BCUT2D eigenvalue weighted by Crippen LogP contribution is 2.43. The van der Waals surface area contributed by atoms with Crippen molar-refractivity contribution in [1.29, 1.82) is 0 Å². The first-order valence-corrected chi connectivity index (χ1v) is 14.9. The molecule has 0 bridgehead atoms. The Morgan fingerprint density at radius 2 is 1.52 bits per heavy atom. The molecule has 1 aliphatic carbocycles. The van der Waals surface area contributed by atoms with Crippen LogP contribution in [0.25, 0.3) is 33.4 Å². The molecule has 0 spiro atoms. The molecule has 2 N–H and O–H groups in total. The highest BCUT2D eigenvalue weighted by Gasteiger charge is 2.25. The Balaban J connectivity index is 1.18. The van der Waals surface area contributed by atoms with Gasteiger partial charge in [-0.05, 0) is 81.3 Å². The second-order valence-corrected chi connectivity index (χ2v) is 11.6. The van der Waals surface area contributed by atoms with Gasteiger partial charge in [-0.15, -0.1) is 0 Å². The van der Waals surface area contributed by atoms with Crippen LogP contribution in [0.1, 0.15) is 27.0 Å². The molecule has 3 aromatic carbocycles. The van der Waals surface area contributed by atoms with Crippen molar-refractivity contribution in [2.24, 2.45) is 5.73 Å². The summed E-state index contributed by atoms with van der Waals surface area (Å²) in [6, 6.07) is 20.9. The predicted octanol–water partition coefficient (Wildman–Crippen LogP) is 5.41. The molecule has 3 aliphatic rings. The van der Waals surface area contributed by atoms with Crippen molar-refractivity contribution in [2.75, 3.05) is 57.5 Å². The average Bonchev–Trinajstić information content (AvgIpc) is 3.40. The number of carbonyl (C=O) groups excluding carboxylic acids is 1. The largest absolute Gasteiger partial charge is 0.379 e. The second-order valence-electron chi connectivity index (χ2n) is 11.2. The number of ether oxygens (including phenoxy) is 2. The van der Waals surface area contributed by atoms with Crippen LogP contribution in [-0.4, -0.2) is 68.4 Å². The Labute approximate surface area is 250 Å². The zero-order valence-electron chi connectivity index (χ0n) is 23.4. The molecule has 42 heavy (non-hydrogen) atoms. The first kappa shape index (κ1) is 27.1. The van der Waals surface area contributed by atoms with Crippen LogP contribution in [-0.2, 0) is 22.4 Å². The van der Waals surface area contributed by atoms with Gasteiger partial charge in [0.2, 0.25) is 5.91 Å². The van der Waals surface area contributed by atoms with E-state index in [1.165, 1.54) is 5.56 Å². The Hall–Kier alpha value is -3.75. The molecule has 0 saturated carbocycles. The lowest BCUT2D eigenvalue weighted by atomic mass is 9.93. The smallest absolute Gasteiger partial charge is 0.249 e. The van der Waals surface area contributed by atoms with E-state index < -0.39 is 5.91 Å². The van der Waals surface area contributed by atoms with Gasteiger partial charge in [-0.2, -0.15) is 0 Å². The van der Waals surface area contributed by atoms with Crippen LogP contribution in [0.4, 0.5) is 5.82 Å². The van der Waals surface area contributed by atoms with Crippen LogP contribution in [0.2, 0.25) is 5.02 Å². The quantitative estimate of drug-likeness (QED) is 0.289. The third-order valence-corrected chi connectivity index (χ3v) is 8.93. The number of nitrogens with zero attached hydrogens (tertiary/aromatic N) is 3. The molecule has 214 valence electrons. The number of anilines is 1. The Bertz CT molecular complexity index is 1640. The summed E-state index contributed by atoms with van der Waals surface area (Å²) in [6.45, 7) is 7.29. The van der Waals surface area contributed by atoms with E-state index >= 15 is 0 Å². The summed E-state index contributed by atoms with van der Waals surface area (Å²) in [5, 5.41) is 0.721. The zero-order chi connectivity index (χ0) is 28.6. The molecule has 7 rings (SSSR count). The van der Waals surface area contributed by atoms with E-state index in [2.05, 4.69) is 58.3 Å². The summed E-state index contributed by atoms with van der Waals surface area (Å²) in [5.74, 6) is 0.558. The lowest BCUT2D eigenvalue weighted by Gasteiger charge is -2.27. The molecular formula is C34H33ClN4O3. The van der Waals surface area contributed by atoms with Gasteiger partial charge in [0.05, 0.1) is 26.4 Å². The third-order valence-electron chi connectivity index (χ3n) is 8.58. The highest BCUT2D eigenvalue weighted by molar-refractivity contribution is 6.31. The minimum atomic E-state index is -0.418. The normalized spacial score (nSPS) is 16.7. The van der Waals surface area contributed by atoms with Crippen molar-refractivity contribution in [3.05, 3.63) is 94.1 Å². The number of fused-ring (bicyclic) bond motifs is 3. The fraction of sp³-hybridized carbons (Fsp3) is 0.294. The second kappa shape index (κ2) is 11.5. The average molecular weight is 581 g/mol. The fourth-order valence-electron chi connectivity index (χ4n) is 6.25. The van der Waals surface area contributed by atoms with Gasteiger partial charge in [0.1, 0.15) is 5.82 Å². The summed E-state index contributed by atoms with van der Waals surface area (Å²) in [5.41, 5.74) is 16.0. The van der Waals surface area contributed by atoms with E-state index in [1.54, 1.807) is 0 Å². The Morgan fingerprint density at radius 1 is 0.810 bits per heavy atom. The van der Waals surface area contributed by atoms with Gasteiger partial charge < -0.3 is 20.1 Å². The summed E-state index contributed by atoms with van der Waals surface area (Å²) in [4.78, 5) is 22.0. The number of halogens is 1. The first-order chi connectivity index (χ1) is 20.5. The van der Waals surface area contributed by atoms with E-state index in [9.17, 15) is 4.79 Å². The molecule has 2 saturated heterocycles. The van der Waals surface area contributed by atoms with Gasteiger partial charge in [0, 0.05) is 55.1 Å². The van der Waals surface area contributed by atoms with Crippen molar-refractivity contribution >= 4 is 23.3 Å². The van der Waals surface area contributed by atoms with E-state index in [4.69, 9.17) is 31.8 Å². The van der Waals surface area contributed by atoms with Crippen molar-refractivity contribution in [3.63, 3.8) is 0 Å². The first-order valence-electron chi connectivity index (χ1n) is 14.5. The van der Waals surface area contributed by atoms with Crippen LogP contribution in [0.5, 0.6) is 0 Å². The minimum Gasteiger partial charge on any atom is -0.379 e. The van der Waals surface area contributed by atoms with Gasteiger partial charge >= 0.3 is 0 Å². The van der Waals surface area contributed by atoms with Crippen molar-refractivity contribution in [3.8, 4) is 33.4 Å². The number of benzene rings is 3. The van der Waals surface area contributed by atoms with E-state index in [1.807, 2.05) is 18.3 Å². The van der Waals surface area contributed by atoms with Gasteiger partial charge in [-0.25, -0.2) is 4.98 Å². The summed E-state index contributed by atoms with van der Waals surface area (Å²) >= 11 is 6.77. The molecule has 7 nitrogen and oxygen atoms in total. The molecule has 2 aliphatic heterocycles. The van der Waals surface area contributed by atoms with Crippen LogP contribution < -0.4 is 10.6 Å². The topological polar surface area (TPSA) is 80.9 Å². The van der Waals surface area contributed by atoms with Crippen LogP contribution in [0.3, 0.4) is 0 Å². The van der Waals surface area contributed by atoms with Crippen molar-refractivity contribution in [2.45, 2.75) is 13.0 Å². The molecule has 4 aromatic rings. The number of nitrogens with two attached hydrogens (primary N) is 1. The van der Waals surface area contributed by atoms with Crippen molar-refractivity contribution in [1.82, 2.24) is 9.88 Å².